The van der Waals surface area contributed by atoms with Gasteiger partial charge in [-0.2, -0.15) is 0 Å². The minimum atomic E-state index is -2.19. The SMILES string of the molecule is CCCCCCC(O)(NC(=O)CN)C(=O)O. The lowest BCUT2D eigenvalue weighted by molar-refractivity contribution is -0.166. The van der Waals surface area contributed by atoms with Crippen molar-refractivity contribution in [2.75, 3.05) is 6.54 Å². The fourth-order valence-electron chi connectivity index (χ4n) is 1.31. The van der Waals surface area contributed by atoms with Gasteiger partial charge in [-0.1, -0.05) is 26.2 Å². The zero-order valence-electron chi connectivity index (χ0n) is 9.53. The van der Waals surface area contributed by atoms with E-state index in [1.54, 1.807) is 0 Å². The molecular weight excluding hydrogens is 212 g/mol. The van der Waals surface area contributed by atoms with E-state index in [1.807, 2.05) is 12.2 Å². The van der Waals surface area contributed by atoms with Crippen LogP contribution in [0.4, 0.5) is 0 Å². The number of unbranched alkanes of at least 4 members (excludes halogenated alkanes) is 3. The zero-order valence-corrected chi connectivity index (χ0v) is 9.53. The Morgan fingerprint density at radius 1 is 1.31 bits per heavy atom. The van der Waals surface area contributed by atoms with Crippen molar-refractivity contribution in [2.24, 2.45) is 5.73 Å². The monoisotopic (exact) mass is 232 g/mol. The molecule has 0 aromatic rings. The molecule has 0 aliphatic rings. The molecule has 0 radical (unpaired) electrons. The first kappa shape index (κ1) is 14.9. The molecule has 5 N–H and O–H groups in total. The van der Waals surface area contributed by atoms with Crippen molar-refractivity contribution in [3.63, 3.8) is 0 Å². The van der Waals surface area contributed by atoms with Crippen molar-refractivity contribution in [3.05, 3.63) is 0 Å². The molecule has 1 unspecified atom stereocenters. The van der Waals surface area contributed by atoms with E-state index in [0.717, 1.165) is 19.3 Å². The van der Waals surface area contributed by atoms with E-state index in [1.165, 1.54) is 0 Å². The van der Waals surface area contributed by atoms with Gasteiger partial charge in [0.15, 0.2) is 0 Å². The van der Waals surface area contributed by atoms with Crippen molar-refractivity contribution < 1.29 is 19.8 Å². The molecule has 1 atom stereocenters. The van der Waals surface area contributed by atoms with Crippen LogP contribution in [0.2, 0.25) is 0 Å². The second kappa shape index (κ2) is 7.19. The Kier molecular flexibility index (Phi) is 6.67. The number of carboxylic acids is 1. The average Bonchev–Trinajstić information content (AvgIpc) is 2.24. The maximum Gasteiger partial charge on any atom is 0.357 e. The molecule has 0 heterocycles. The molecule has 6 nitrogen and oxygen atoms in total. The Balaban J connectivity index is 4.23. The number of carbonyl (C=O) groups excluding carboxylic acids is 1. The number of aliphatic carboxylic acids is 1. The smallest absolute Gasteiger partial charge is 0.357 e. The Bertz CT molecular complexity index is 245. The van der Waals surface area contributed by atoms with Gasteiger partial charge in [-0.15, -0.1) is 0 Å². The molecule has 1 amide bonds. The molecule has 0 saturated heterocycles. The van der Waals surface area contributed by atoms with Gasteiger partial charge in [-0.3, -0.25) is 4.79 Å². The first-order valence-corrected chi connectivity index (χ1v) is 5.43. The summed E-state index contributed by atoms with van der Waals surface area (Å²) in [6.07, 6.45) is 3.35. The maximum atomic E-state index is 11.0. The Hall–Kier alpha value is -1.14. The van der Waals surface area contributed by atoms with Crippen LogP contribution in [0.15, 0.2) is 0 Å². The summed E-state index contributed by atoms with van der Waals surface area (Å²) in [5, 5.41) is 20.5. The fraction of sp³-hybridized carbons (Fsp3) is 0.800. The number of hydrogen-bond acceptors (Lipinski definition) is 4. The normalized spacial score (nSPS) is 14.2. The standard InChI is InChI=1S/C10H20N2O4/c1-2-3-4-5-6-10(16,9(14)15)12-8(13)7-11/h16H,2-7,11H2,1H3,(H,12,13)(H,14,15). The summed E-state index contributed by atoms with van der Waals surface area (Å²) < 4.78 is 0. The topological polar surface area (TPSA) is 113 Å². The molecule has 0 aromatic heterocycles. The van der Waals surface area contributed by atoms with Crippen LogP contribution in [-0.2, 0) is 9.59 Å². The first-order chi connectivity index (χ1) is 7.46. The molecule has 0 aliphatic carbocycles. The molecule has 0 fully saturated rings. The number of carbonyl (C=O) groups is 2. The van der Waals surface area contributed by atoms with Gasteiger partial charge in [0.25, 0.3) is 0 Å². The van der Waals surface area contributed by atoms with Gasteiger partial charge in [0.2, 0.25) is 11.6 Å². The van der Waals surface area contributed by atoms with Gasteiger partial charge in [-0.05, 0) is 6.42 Å². The number of amides is 1. The molecule has 0 bridgehead atoms. The van der Waals surface area contributed by atoms with Gasteiger partial charge in [-0.25, -0.2) is 4.79 Å². The highest BCUT2D eigenvalue weighted by molar-refractivity contribution is 5.86. The third-order valence-corrected chi connectivity index (χ3v) is 2.28. The van der Waals surface area contributed by atoms with Gasteiger partial charge >= 0.3 is 5.97 Å². The van der Waals surface area contributed by atoms with Crippen LogP contribution in [0, 0.1) is 0 Å². The van der Waals surface area contributed by atoms with Crippen LogP contribution in [0.25, 0.3) is 0 Å². The van der Waals surface area contributed by atoms with E-state index in [-0.39, 0.29) is 13.0 Å². The second-order valence-electron chi connectivity index (χ2n) is 3.73. The maximum absolute atomic E-state index is 11.0. The molecule has 0 aliphatic heterocycles. The predicted octanol–water partition coefficient (Wildman–Crippen LogP) is -0.195. The largest absolute Gasteiger partial charge is 0.478 e. The summed E-state index contributed by atoms with van der Waals surface area (Å²) in [7, 11) is 0. The lowest BCUT2D eigenvalue weighted by Gasteiger charge is -2.24. The van der Waals surface area contributed by atoms with E-state index in [2.05, 4.69) is 0 Å². The lowest BCUT2D eigenvalue weighted by atomic mass is 10.0. The predicted molar refractivity (Wildman–Crippen MR) is 58.5 cm³/mol. The average molecular weight is 232 g/mol. The van der Waals surface area contributed by atoms with E-state index in [4.69, 9.17) is 10.8 Å². The van der Waals surface area contributed by atoms with Gasteiger partial charge in [0.05, 0.1) is 6.54 Å². The van der Waals surface area contributed by atoms with Crippen molar-refractivity contribution >= 4 is 11.9 Å². The summed E-state index contributed by atoms with van der Waals surface area (Å²) in [5.74, 6) is -2.13. The summed E-state index contributed by atoms with van der Waals surface area (Å²) in [6, 6.07) is 0. The van der Waals surface area contributed by atoms with Gasteiger partial charge in [0.1, 0.15) is 0 Å². The van der Waals surface area contributed by atoms with Crippen LogP contribution in [0.3, 0.4) is 0 Å². The summed E-state index contributed by atoms with van der Waals surface area (Å²) in [4.78, 5) is 21.8. The fourth-order valence-corrected chi connectivity index (χ4v) is 1.31. The molecule has 94 valence electrons. The quantitative estimate of drug-likeness (QED) is 0.342. The number of aliphatic hydroxyl groups is 1. The number of hydrogen-bond donors (Lipinski definition) is 4. The highest BCUT2D eigenvalue weighted by atomic mass is 16.4. The Labute approximate surface area is 94.8 Å². The minimum absolute atomic E-state index is 0.00588. The second-order valence-corrected chi connectivity index (χ2v) is 3.73. The molecule has 0 rings (SSSR count). The number of rotatable bonds is 8. The van der Waals surface area contributed by atoms with E-state index >= 15 is 0 Å². The Morgan fingerprint density at radius 3 is 2.38 bits per heavy atom. The van der Waals surface area contributed by atoms with Crippen molar-refractivity contribution in [1.29, 1.82) is 0 Å². The minimum Gasteiger partial charge on any atom is -0.478 e. The molecule has 16 heavy (non-hydrogen) atoms. The number of carboxylic acid groups (broad SMARTS) is 1. The third-order valence-electron chi connectivity index (χ3n) is 2.28. The number of nitrogens with two attached hydrogens (primary N) is 1. The van der Waals surface area contributed by atoms with Gasteiger partial charge < -0.3 is 21.3 Å². The molecule has 0 aromatic carbocycles. The van der Waals surface area contributed by atoms with E-state index in [0.29, 0.717) is 6.42 Å². The molecule has 6 heteroatoms. The van der Waals surface area contributed by atoms with E-state index in [9.17, 15) is 14.7 Å². The molecular formula is C10H20N2O4. The van der Waals surface area contributed by atoms with Crippen LogP contribution < -0.4 is 11.1 Å². The van der Waals surface area contributed by atoms with Crippen LogP contribution in [0.5, 0.6) is 0 Å². The number of nitrogens with one attached hydrogen (secondary N) is 1. The lowest BCUT2D eigenvalue weighted by Crippen LogP contribution is -2.55. The Morgan fingerprint density at radius 2 is 1.94 bits per heavy atom. The molecule has 0 saturated carbocycles. The van der Waals surface area contributed by atoms with Crippen LogP contribution in [-0.4, -0.2) is 34.4 Å². The third kappa shape index (κ3) is 5.09. The van der Waals surface area contributed by atoms with Gasteiger partial charge in [0, 0.05) is 6.42 Å². The summed E-state index contributed by atoms with van der Waals surface area (Å²) >= 11 is 0. The summed E-state index contributed by atoms with van der Waals surface area (Å²) in [5.41, 5.74) is 2.85. The van der Waals surface area contributed by atoms with Crippen molar-refractivity contribution in [1.82, 2.24) is 5.32 Å². The van der Waals surface area contributed by atoms with Crippen molar-refractivity contribution in [3.8, 4) is 0 Å². The highest BCUT2D eigenvalue weighted by Gasteiger charge is 2.36. The highest BCUT2D eigenvalue weighted by Crippen LogP contribution is 2.13. The van der Waals surface area contributed by atoms with E-state index < -0.39 is 17.6 Å². The molecule has 0 spiro atoms. The summed E-state index contributed by atoms with van der Waals surface area (Å²) in [6.45, 7) is 1.68. The van der Waals surface area contributed by atoms with Crippen LogP contribution in [0.1, 0.15) is 39.0 Å². The van der Waals surface area contributed by atoms with Crippen molar-refractivity contribution in [2.45, 2.75) is 44.8 Å². The van der Waals surface area contributed by atoms with Crippen LogP contribution >= 0.6 is 0 Å². The first-order valence-electron chi connectivity index (χ1n) is 5.43. The zero-order chi connectivity index (χ0) is 12.6.